The summed E-state index contributed by atoms with van der Waals surface area (Å²) in [6, 6.07) is 3.96. The quantitative estimate of drug-likeness (QED) is 0.688. The summed E-state index contributed by atoms with van der Waals surface area (Å²) in [5, 5.41) is 10.7. The van der Waals surface area contributed by atoms with E-state index in [0.717, 1.165) is 18.8 Å². The Kier molecular flexibility index (Phi) is 3.47. The molecule has 4 heteroatoms. The molecule has 0 spiro atoms. The van der Waals surface area contributed by atoms with Crippen molar-refractivity contribution >= 4 is 5.82 Å². The number of aromatic nitrogens is 2. The molecule has 0 aliphatic rings. The minimum Gasteiger partial charge on any atom is -0.369 e. The van der Waals surface area contributed by atoms with Gasteiger partial charge in [0.05, 0.1) is 0 Å². The van der Waals surface area contributed by atoms with Gasteiger partial charge in [0.2, 0.25) is 0 Å². The standard InChI is InChI=1S/C8H14N4/c1-7(9)4-6-10-8-3-2-5-11-12-8/h2-3,5,7H,4,6,9H2,1H3,(H,10,12). The van der Waals surface area contributed by atoms with Gasteiger partial charge < -0.3 is 11.1 Å². The normalized spacial score (nSPS) is 12.5. The van der Waals surface area contributed by atoms with Crippen LogP contribution in [0.5, 0.6) is 0 Å². The summed E-state index contributed by atoms with van der Waals surface area (Å²) in [5.74, 6) is 0.804. The van der Waals surface area contributed by atoms with Gasteiger partial charge in [0, 0.05) is 18.8 Å². The molecule has 3 N–H and O–H groups in total. The first-order valence-corrected chi connectivity index (χ1v) is 4.06. The van der Waals surface area contributed by atoms with Crippen molar-refractivity contribution in [1.82, 2.24) is 10.2 Å². The first-order chi connectivity index (χ1) is 5.79. The highest BCUT2D eigenvalue weighted by molar-refractivity contribution is 5.30. The van der Waals surface area contributed by atoms with E-state index in [0.29, 0.717) is 0 Å². The third-order valence-electron chi connectivity index (χ3n) is 1.48. The first kappa shape index (κ1) is 8.93. The molecule has 0 bridgehead atoms. The molecule has 1 atom stereocenters. The summed E-state index contributed by atoms with van der Waals surface area (Å²) in [7, 11) is 0. The van der Waals surface area contributed by atoms with Gasteiger partial charge >= 0.3 is 0 Å². The molecule has 1 aromatic heterocycles. The van der Waals surface area contributed by atoms with Gasteiger partial charge in [0.15, 0.2) is 0 Å². The van der Waals surface area contributed by atoms with Crippen molar-refractivity contribution in [3.05, 3.63) is 18.3 Å². The molecule has 1 rings (SSSR count). The van der Waals surface area contributed by atoms with E-state index >= 15 is 0 Å². The Hall–Kier alpha value is -1.16. The maximum absolute atomic E-state index is 5.58. The average Bonchev–Trinajstić information content (AvgIpc) is 2.05. The number of anilines is 1. The Balaban J connectivity index is 2.25. The number of rotatable bonds is 4. The lowest BCUT2D eigenvalue weighted by atomic mass is 10.2. The van der Waals surface area contributed by atoms with E-state index in [1.54, 1.807) is 6.20 Å². The highest BCUT2D eigenvalue weighted by Crippen LogP contribution is 1.97. The molecule has 66 valence electrons. The summed E-state index contributed by atoms with van der Waals surface area (Å²) in [4.78, 5) is 0. The van der Waals surface area contributed by atoms with Crippen LogP contribution in [0.2, 0.25) is 0 Å². The first-order valence-electron chi connectivity index (χ1n) is 4.06. The highest BCUT2D eigenvalue weighted by atomic mass is 15.2. The fourth-order valence-corrected chi connectivity index (χ4v) is 0.824. The van der Waals surface area contributed by atoms with Crippen LogP contribution in [0.3, 0.4) is 0 Å². The van der Waals surface area contributed by atoms with Gasteiger partial charge in [-0.25, -0.2) is 0 Å². The highest BCUT2D eigenvalue weighted by Gasteiger charge is 1.94. The molecule has 1 heterocycles. The lowest BCUT2D eigenvalue weighted by Crippen LogP contribution is -2.19. The second-order valence-electron chi connectivity index (χ2n) is 2.80. The van der Waals surface area contributed by atoms with E-state index in [-0.39, 0.29) is 6.04 Å². The van der Waals surface area contributed by atoms with Crippen molar-refractivity contribution < 1.29 is 0 Å². The Labute approximate surface area is 72.2 Å². The van der Waals surface area contributed by atoms with Gasteiger partial charge in [-0.1, -0.05) is 0 Å². The summed E-state index contributed by atoms with van der Waals surface area (Å²) in [6.45, 7) is 2.83. The zero-order valence-electron chi connectivity index (χ0n) is 7.20. The van der Waals surface area contributed by atoms with Gasteiger partial charge in [0.25, 0.3) is 0 Å². The van der Waals surface area contributed by atoms with Crippen molar-refractivity contribution in [2.45, 2.75) is 19.4 Å². The predicted molar refractivity (Wildman–Crippen MR) is 48.8 cm³/mol. The molecule has 0 fully saturated rings. The summed E-state index contributed by atoms with van der Waals surface area (Å²) < 4.78 is 0. The topological polar surface area (TPSA) is 63.8 Å². The Morgan fingerprint density at radius 2 is 2.50 bits per heavy atom. The van der Waals surface area contributed by atoms with Crippen molar-refractivity contribution in [3.8, 4) is 0 Å². The van der Waals surface area contributed by atoms with Crippen molar-refractivity contribution in [2.75, 3.05) is 11.9 Å². The van der Waals surface area contributed by atoms with E-state index in [9.17, 15) is 0 Å². The van der Waals surface area contributed by atoms with E-state index < -0.39 is 0 Å². The maximum atomic E-state index is 5.58. The molecule has 0 aliphatic heterocycles. The van der Waals surface area contributed by atoms with Crippen LogP contribution in [0.1, 0.15) is 13.3 Å². The predicted octanol–water partition coefficient (Wildman–Crippen LogP) is 0.626. The van der Waals surface area contributed by atoms with Crippen molar-refractivity contribution in [3.63, 3.8) is 0 Å². The number of hydrogen-bond donors (Lipinski definition) is 2. The number of nitrogens with one attached hydrogen (secondary N) is 1. The van der Waals surface area contributed by atoms with Gasteiger partial charge in [-0.3, -0.25) is 0 Å². The second-order valence-corrected chi connectivity index (χ2v) is 2.80. The third-order valence-corrected chi connectivity index (χ3v) is 1.48. The van der Waals surface area contributed by atoms with Crippen LogP contribution >= 0.6 is 0 Å². The lowest BCUT2D eigenvalue weighted by Gasteiger charge is -2.05. The lowest BCUT2D eigenvalue weighted by molar-refractivity contribution is 0.688. The van der Waals surface area contributed by atoms with Crippen LogP contribution in [0.25, 0.3) is 0 Å². The third kappa shape index (κ3) is 3.30. The smallest absolute Gasteiger partial charge is 0.148 e. The largest absolute Gasteiger partial charge is 0.369 e. The molecular formula is C8H14N4. The van der Waals surface area contributed by atoms with E-state index in [1.165, 1.54) is 0 Å². The second kappa shape index (κ2) is 4.66. The Morgan fingerprint density at radius 3 is 3.08 bits per heavy atom. The number of nitrogens with zero attached hydrogens (tertiary/aromatic N) is 2. The molecule has 4 nitrogen and oxygen atoms in total. The van der Waals surface area contributed by atoms with Gasteiger partial charge in [-0.2, -0.15) is 5.10 Å². The zero-order chi connectivity index (χ0) is 8.81. The molecule has 0 saturated heterocycles. The molecule has 0 amide bonds. The van der Waals surface area contributed by atoms with Gasteiger partial charge in [-0.05, 0) is 25.5 Å². The molecule has 1 aromatic rings. The molecular weight excluding hydrogens is 152 g/mol. The SMILES string of the molecule is CC(N)CCNc1cccnn1. The van der Waals surface area contributed by atoms with E-state index in [1.807, 2.05) is 19.1 Å². The zero-order valence-corrected chi connectivity index (χ0v) is 7.20. The molecule has 0 aromatic carbocycles. The summed E-state index contributed by atoms with van der Waals surface area (Å²) >= 11 is 0. The average molecular weight is 166 g/mol. The summed E-state index contributed by atoms with van der Waals surface area (Å²) in [6.07, 6.45) is 2.59. The fourth-order valence-electron chi connectivity index (χ4n) is 0.824. The summed E-state index contributed by atoms with van der Waals surface area (Å²) in [5.41, 5.74) is 5.58. The molecule has 12 heavy (non-hydrogen) atoms. The maximum Gasteiger partial charge on any atom is 0.148 e. The van der Waals surface area contributed by atoms with E-state index in [2.05, 4.69) is 15.5 Å². The number of hydrogen-bond acceptors (Lipinski definition) is 4. The van der Waals surface area contributed by atoms with Crippen LogP contribution in [-0.2, 0) is 0 Å². The fraction of sp³-hybridized carbons (Fsp3) is 0.500. The Bertz CT molecular complexity index is 210. The molecule has 0 radical (unpaired) electrons. The molecule has 0 saturated carbocycles. The van der Waals surface area contributed by atoms with Crippen LogP contribution < -0.4 is 11.1 Å². The van der Waals surface area contributed by atoms with Crippen LogP contribution in [-0.4, -0.2) is 22.8 Å². The van der Waals surface area contributed by atoms with Crippen molar-refractivity contribution in [2.24, 2.45) is 5.73 Å². The minimum atomic E-state index is 0.231. The molecule has 1 unspecified atom stereocenters. The van der Waals surface area contributed by atoms with Gasteiger partial charge in [0.1, 0.15) is 5.82 Å². The van der Waals surface area contributed by atoms with Crippen LogP contribution in [0.4, 0.5) is 5.82 Å². The van der Waals surface area contributed by atoms with Gasteiger partial charge in [-0.15, -0.1) is 5.10 Å². The van der Waals surface area contributed by atoms with Crippen molar-refractivity contribution in [1.29, 1.82) is 0 Å². The van der Waals surface area contributed by atoms with Crippen LogP contribution in [0.15, 0.2) is 18.3 Å². The molecule has 0 aliphatic carbocycles. The minimum absolute atomic E-state index is 0.231. The van der Waals surface area contributed by atoms with Crippen LogP contribution in [0, 0.1) is 0 Å². The monoisotopic (exact) mass is 166 g/mol. The van der Waals surface area contributed by atoms with E-state index in [4.69, 9.17) is 5.73 Å². The number of nitrogens with two attached hydrogens (primary N) is 1. The Morgan fingerprint density at radius 1 is 1.67 bits per heavy atom.